The molecule has 120 valence electrons. The van der Waals surface area contributed by atoms with E-state index in [2.05, 4.69) is 10.4 Å². The minimum absolute atomic E-state index is 0.0649. The average Bonchev–Trinajstić information content (AvgIpc) is 2.93. The molecule has 0 aliphatic heterocycles. The van der Waals surface area contributed by atoms with Crippen molar-refractivity contribution in [1.29, 1.82) is 0 Å². The molecular formula is C15H10N4O5. The lowest BCUT2D eigenvalue weighted by molar-refractivity contribution is -0.384. The van der Waals surface area contributed by atoms with Crippen LogP contribution in [0.1, 0.15) is 10.4 Å². The maximum atomic E-state index is 12.2. The van der Waals surface area contributed by atoms with Gasteiger partial charge in [0.05, 0.1) is 15.8 Å². The van der Waals surface area contributed by atoms with Crippen molar-refractivity contribution in [2.75, 3.05) is 5.32 Å². The molecule has 1 heterocycles. The van der Waals surface area contributed by atoms with Crippen molar-refractivity contribution in [2.45, 2.75) is 0 Å². The van der Waals surface area contributed by atoms with Gasteiger partial charge in [-0.2, -0.15) is 4.68 Å². The van der Waals surface area contributed by atoms with E-state index in [9.17, 15) is 24.8 Å². The van der Waals surface area contributed by atoms with Gasteiger partial charge in [-0.25, -0.2) is 4.79 Å². The summed E-state index contributed by atoms with van der Waals surface area (Å²) in [5, 5.41) is 26.6. The van der Waals surface area contributed by atoms with Crippen LogP contribution in [0.4, 0.5) is 16.3 Å². The summed E-state index contributed by atoms with van der Waals surface area (Å²) >= 11 is 0. The first-order valence-electron chi connectivity index (χ1n) is 6.74. The molecule has 1 aromatic heterocycles. The highest BCUT2D eigenvalue weighted by Gasteiger charge is 2.19. The van der Waals surface area contributed by atoms with Crippen molar-refractivity contribution in [1.82, 2.24) is 9.78 Å². The highest BCUT2D eigenvalue weighted by atomic mass is 16.6. The highest BCUT2D eigenvalue weighted by molar-refractivity contribution is 6.09. The normalized spacial score (nSPS) is 10.5. The zero-order chi connectivity index (χ0) is 17.3. The molecule has 2 N–H and O–H groups in total. The summed E-state index contributed by atoms with van der Waals surface area (Å²) in [7, 11) is 0. The Hall–Kier alpha value is -3.75. The van der Waals surface area contributed by atoms with Crippen LogP contribution in [0.15, 0.2) is 48.5 Å². The van der Waals surface area contributed by atoms with Crippen LogP contribution in [-0.4, -0.2) is 31.8 Å². The summed E-state index contributed by atoms with van der Waals surface area (Å²) in [6, 6.07) is 11.9. The van der Waals surface area contributed by atoms with Crippen LogP contribution in [-0.2, 0) is 0 Å². The molecule has 0 aliphatic rings. The third-order valence-corrected chi connectivity index (χ3v) is 3.32. The lowest BCUT2D eigenvalue weighted by Crippen LogP contribution is -2.14. The Bertz CT molecular complexity index is 965. The van der Waals surface area contributed by atoms with Gasteiger partial charge in [0.2, 0.25) is 0 Å². The number of anilines is 1. The number of fused-ring (bicyclic) bond motifs is 1. The monoisotopic (exact) mass is 326 g/mol. The lowest BCUT2D eigenvalue weighted by Gasteiger charge is -2.02. The molecule has 0 spiro atoms. The molecule has 0 atom stereocenters. The van der Waals surface area contributed by atoms with Crippen LogP contribution in [0.25, 0.3) is 10.9 Å². The molecule has 3 rings (SSSR count). The van der Waals surface area contributed by atoms with Gasteiger partial charge in [-0.3, -0.25) is 14.9 Å². The number of hydrogen-bond acceptors (Lipinski definition) is 5. The van der Waals surface area contributed by atoms with Gasteiger partial charge in [-0.05, 0) is 18.2 Å². The second-order valence-electron chi connectivity index (χ2n) is 4.82. The summed E-state index contributed by atoms with van der Waals surface area (Å²) in [5.74, 6) is -0.566. The number of carbonyl (C=O) groups is 2. The molecule has 1 amide bonds. The minimum Gasteiger partial charge on any atom is -0.463 e. The Morgan fingerprint density at radius 2 is 1.88 bits per heavy atom. The predicted octanol–water partition coefficient (Wildman–Crippen LogP) is 2.72. The van der Waals surface area contributed by atoms with Crippen molar-refractivity contribution in [3.63, 3.8) is 0 Å². The van der Waals surface area contributed by atoms with Crippen molar-refractivity contribution < 1.29 is 19.6 Å². The van der Waals surface area contributed by atoms with Crippen LogP contribution in [0.3, 0.4) is 0 Å². The molecule has 3 aromatic rings. The van der Waals surface area contributed by atoms with Crippen LogP contribution in [0.5, 0.6) is 0 Å². The minimum atomic E-state index is -1.37. The van der Waals surface area contributed by atoms with E-state index >= 15 is 0 Å². The van der Waals surface area contributed by atoms with Crippen molar-refractivity contribution >= 4 is 34.4 Å². The zero-order valence-electron chi connectivity index (χ0n) is 12.0. The van der Waals surface area contributed by atoms with Gasteiger partial charge in [0, 0.05) is 17.7 Å². The molecule has 0 unspecified atom stereocenters. The Morgan fingerprint density at radius 3 is 2.50 bits per heavy atom. The van der Waals surface area contributed by atoms with E-state index in [0.29, 0.717) is 10.2 Å². The summed E-state index contributed by atoms with van der Waals surface area (Å²) in [4.78, 5) is 33.8. The van der Waals surface area contributed by atoms with E-state index in [0.717, 1.165) is 0 Å². The summed E-state index contributed by atoms with van der Waals surface area (Å²) in [5.41, 5.74) is 0.250. The lowest BCUT2D eigenvalue weighted by atomic mass is 10.2. The van der Waals surface area contributed by atoms with E-state index in [-0.39, 0.29) is 22.4 Å². The number of nitrogens with zero attached hydrogens (tertiary/aromatic N) is 3. The summed E-state index contributed by atoms with van der Waals surface area (Å²) in [6.07, 6.45) is -1.37. The van der Waals surface area contributed by atoms with Crippen LogP contribution < -0.4 is 5.32 Å². The predicted molar refractivity (Wildman–Crippen MR) is 84.2 cm³/mol. The second-order valence-corrected chi connectivity index (χ2v) is 4.82. The van der Waals surface area contributed by atoms with Crippen LogP contribution in [0.2, 0.25) is 0 Å². The fourth-order valence-corrected chi connectivity index (χ4v) is 2.23. The van der Waals surface area contributed by atoms with Crippen molar-refractivity contribution in [2.24, 2.45) is 0 Å². The van der Waals surface area contributed by atoms with Crippen LogP contribution in [0, 0.1) is 10.1 Å². The van der Waals surface area contributed by atoms with Gasteiger partial charge in [0.1, 0.15) is 0 Å². The molecule has 0 aliphatic carbocycles. The SMILES string of the molecule is O=C(Nc1nn(C(=O)O)c2ccc([N+](=O)[O-])cc12)c1ccccc1. The first kappa shape index (κ1) is 15.2. The van der Waals surface area contributed by atoms with Gasteiger partial charge in [-0.15, -0.1) is 5.10 Å². The molecule has 0 saturated carbocycles. The third kappa shape index (κ3) is 2.65. The Balaban J connectivity index is 2.09. The number of hydrogen-bond donors (Lipinski definition) is 2. The van der Waals surface area contributed by atoms with E-state index in [1.54, 1.807) is 30.3 Å². The Kier molecular flexibility index (Phi) is 3.66. The van der Waals surface area contributed by atoms with Gasteiger partial charge in [-0.1, -0.05) is 18.2 Å². The topological polar surface area (TPSA) is 127 Å². The third-order valence-electron chi connectivity index (χ3n) is 3.32. The van der Waals surface area contributed by atoms with E-state index in [1.807, 2.05) is 0 Å². The van der Waals surface area contributed by atoms with Gasteiger partial charge in [0.15, 0.2) is 5.82 Å². The number of carboxylic acid groups (broad SMARTS) is 1. The molecule has 24 heavy (non-hydrogen) atoms. The molecule has 0 fully saturated rings. The fourth-order valence-electron chi connectivity index (χ4n) is 2.23. The Morgan fingerprint density at radius 1 is 1.17 bits per heavy atom. The van der Waals surface area contributed by atoms with E-state index in [1.165, 1.54) is 18.2 Å². The fraction of sp³-hybridized carbons (Fsp3) is 0. The quantitative estimate of drug-likeness (QED) is 0.562. The summed E-state index contributed by atoms with van der Waals surface area (Å²) in [6.45, 7) is 0. The number of amides is 1. The smallest absolute Gasteiger partial charge is 0.432 e. The number of carbonyl (C=O) groups excluding carboxylic acids is 1. The number of nitro benzene ring substituents is 1. The first-order valence-corrected chi connectivity index (χ1v) is 6.74. The number of non-ortho nitro benzene ring substituents is 1. The van der Waals surface area contributed by atoms with Gasteiger partial charge < -0.3 is 10.4 Å². The van der Waals surface area contributed by atoms with E-state index in [4.69, 9.17) is 0 Å². The molecule has 0 bridgehead atoms. The number of benzene rings is 2. The van der Waals surface area contributed by atoms with Crippen molar-refractivity contribution in [3.05, 3.63) is 64.2 Å². The number of rotatable bonds is 3. The average molecular weight is 326 g/mol. The van der Waals surface area contributed by atoms with Gasteiger partial charge in [0.25, 0.3) is 11.6 Å². The molecule has 0 saturated heterocycles. The van der Waals surface area contributed by atoms with Gasteiger partial charge >= 0.3 is 6.09 Å². The number of nitro groups is 1. The summed E-state index contributed by atoms with van der Waals surface area (Å²) < 4.78 is 0.652. The maximum absolute atomic E-state index is 12.2. The Labute approximate surface area is 134 Å². The van der Waals surface area contributed by atoms with Crippen LogP contribution >= 0.6 is 0 Å². The molecule has 0 radical (unpaired) electrons. The second kappa shape index (κ2) is 5.80. The number of nitrogens with one attached hydrogen (secondary N) is 1. The molecule has 2 aromatic carbocycles. The molecule has 9 heteroatoms. The standard InChI is InChI=1S/C15H10N4O5/c20-14(9-4-2-1-3-5-9)16-13-11-8-10(19(23)24)6-7-12(11)18(17-13)15(21)22/h1-8H,(H,21,22)(H,16,17,20). The highest BCUT2D eigenvalue weighted by Crippen LogP contribution is 2.27. The largest absolute Gasteiger partial charge is 0.463 e. The van der Waals surface area contributed by atoms with E-state index < -0.39 is 16.9 Å². The molecular weight excluding hydrogens is 316 g/mol. The maximum Gasteiger partial charge on any atom is 0.432 e. The number of aromatic nitrogens is 2. The molecule has 9 nitrogen and oxygen atoms in total. The van der Waals surface area contributed by atoms with Crippen molar-refractivity contribution in [3.8, 4) is 0 Å². The first-order chi connectivity index (χ1) is 11.5. The zero-order valence-corrected chi connectivity index (χ0v) is 12.0.